The van der Waals surface area contributed by atoms with Crippen LogP contribution in [0.4, 0.5) is 11.4 Å². The lowest BCUT2D eigenvalue weighted by atomic mass is 10.0. The van der Waals surface area contributed by atoms with Gasteiger partial charge in [-0.2, -0.15) is 0 Å². The Morgan fingerprint density at radius 3 is 2.90 bits per heavy atom. The van der Waals surface area contributed by atoms with Gasteiger partial charge in [0.05, 0.1) is 6.20 Å². The van der Waals surface area contributed by atoms with Crippen molar-refractivity contribution >= 4 is 23.2 Å². The molecule has 0 fully saturated rings. The predicted molar refractivity (Wildman–Crippen MR) is 78.2 cm³/mol. The molecule has 0 bridgehead atoms. The van der Waals surface area contributed by atoms with Gasteiger partial charge in [-0.3, -0.25) is 14.6 Å². The van der Waals surface area contributed by atoms with Gasteiger partial charge in [0.2, 0.25) is 5.91 Å². The topological polar surface area (TPSA) is 75.2 Å². The lowest BCUT2D eigenvalue weighted by Crippen LogP contribution is -2.31. The lowest BCUT2D eigenvalue weighted by Gasteiger charge is -2.26. The molecule has 1 N–H and O–H groups in total. The third-order valence-corrected chi connectivity index (χ3v) is 3.48. The molecular weight excluding hydrogens is 268 g/mol. The highest BCUT2D eigenvalue weighted by Crippen LogP contribution is 2.29. The van der Waals surface area contributed by atoms with Crippen LogP contribution in [0.5, 0.6) is 0 Å². The molecule has 3 rings (SSSR count). The maximum Gasteiger partial charge on any atom is 0.275 e. The van der Waals surface area contributed by atoms with E-state index in [9.17, 15) is 9.59 Å². The average Bonchev–Trinajstić information content (AvgIpc) is 2.52. The zero-order valence-electron chi connectivity index (χ0n) is 11.5. The van der Waals surface area contributed by atoms with E-state index >= 15 is 0 Å². The van der Waals surface area contributed by atoms with Crippen molar-refractivity contribution in [2.24, 2.45) is 0 Å². The van der Waals surface area contributed by atoms with E-state index in [-0.39, 0.29) is 17.5 Å². The minimum Gasteiger partial charge on any atom is -0.321 e. The van der Waals surface area contributed by atoms with Gasteiger partial charge in [0.25, 0.3) is 5.91 Å². The van der Waals surface area contributed by atoms with Crippen molar-refractivity contribution in [3.8, 4) is 0 Å². The monoisotopic (exact) mass is 282 g/mol. The number of aromatic nitrogens is 2. The van der Waals surface area contributed by atoms with Crippen LogP contribution >= 0.6 is 0 Å². The number of carbonyl (C=O) groups is 2. The fourth-order valence-electron chi connectivity index (χ4n) is 2.35. The van der Waals surface area contributed by atoms with Crippen molar-refractivity contribution in [3.05, 3.63) is 48.0 Å². The third kappa shape index (κ3) is 2.60. The first-order valence-corrected chi connectivity index (χ1v) is 6.62. The van der Waals surface area contributed by atoms with E-state index in [1.54, 1.807) is 18.0 Å². The third-order valence-electron chi connectivity index (χ3n) is 3.48. The van der Waals surface area contributed by atoms with Crippen LogP contribution in [0, 0.1) is 0 Å². The van der Waals surface area contributed by atoms with Gasteiger partial charge in [-0.1, -0.05) is 0 Å². The summed E-state index contributed by atoms with van der Waals surface area (Å²) in [5.41, 5.74) is 2.90. The van der Waals surface area contributed by atoms with Gasteiger partial charge in [-0.15, -0.1) is 0 Å². The largest absolute Gasteiger partial charge is 0.321 e. The molecule has 0 saturated heterocycles. The van der Waals surface area contributed by atoms with E-state index in [1.165, 1.54) is 18.6 Å². The first kappa shape index (κ1) is 13.2. The molecule has 6 nitrogen and oxygen atoms in total. The Morgan fingerprint density at radius 1 is 1.29 bits per heavy atom. The van der Waals surface area contributed by atoms with Crippen LogP contribution in [0.2, 0.25) is 0 Å². The first-order valence-electron chi connectivity index (χ1n) is 6.62. The molecule has 2 amide bonds. The molecule has 0 aliphatic carbocycles. The van der Waals surface area contributed by atoms with E-state index in [0.717, 1.165) is 11.3 Å². The van der Waals surface area contributed by atoms with Gasteiger partial charge in [-0.25, -0.2) is 4.98 Å². The molecule has 0 atom stereocenters. The summed E-state index contributed by atoms with van der Waals surface area (Å²) in [5, 5.41) is 2.79. The molecule has 2 aromatic rings. The highest BCUT2D eigenvalue weighted by molar-refractivity contribution is 6.03. The first-order chi connectivity index (χ1) is 10.1. The van der Waals surface area contributed by atoms with Crippen LogP contribution in [-0.4, -0.2) is 28.8 Å². The molecule has 0 spiro atoms. The number of nitrogens with one attached hydrogen (secondary N) is 1. The summed E-state index contributed by atoms with van der Waals surface area (Å²) in [7, 11) is 1.76. The van der Waals surface area contributed by atoms with E-state index in [0.29, 0.717) is 18.5 Å². The molecule has 0 unspecified atom stereocenters. The fourth-order valence-corrected chi connectivity index (χ4v) is 2.35. The maximum absolute atomic E-state index is 12.0. The predicted octanol–water partition coefficient (Wildman–Crippen LogP) is 1.64. The Balaban J connectivity index is 1.82. The zero-order chi connectivity index (χ0) is 14.8. The van der Waals surface area contributed by atoms with Gasteiger partial charge >= 0.3 is 0 Å². The summed E-state index contributed by atoms with van der Waals surface area (Å²) in [5.74, 6) is -0.192. The van der Waals surface area contributed by atoms with Gasteiger partial charge in [0, 0.05) is 37.2 Å². The molecule has 1 aromatic carbocycles. The number of aryl methyl sites for hydroxylation is 1. The number of nitrogens with zero attached hydrogens (tertiary/aromatic N) is 3. The van der Waals surface area contributed by atoms with Crippen molar-refractivity contribution in [1.29, 1.82) is 0 Å². The Labute approximate surface area is 121 Å². The number of rotatable bonds is 2. The summed E-state index contributed by atoms with van der Waals surface area (Å²) in [4.78, 5) is 33.1. The van der Waals surface area contributed by atoms with Crippen molar-refractivity contribution in [2.75, 3.05) is 17.3 Å². The quantitative estimate of drug-likeness (QED) is 0.908. The van der Waals surface area contributed by atoms with Crippen molar-refractivity contribution in [2.45, 2.75) is 12.8 Å². The van der Waals surface area contributed by atoms with Gasteiger partial charge in [-0.05, 0) is 30.2 Å². The van der Waals surface area contributed by atoms with Crippen LogP contribution in [0.15, 0.2) is 36.8 Å². The number of amides is 2. The van der Waals surface area contributed by atoms with Gasteiger partial charge in [0.15, 0.2) is 0 Å². The maximum atomic E-state index is 12.0. The summed E-state index contributed by atoms with van der Waals surface area (Å²) in [6.45, 7) is 0. The molecule has 0 radical (unpaired) electrons. The zero-order valence-corrected chi connectivity index (χ0v) is 11.5. The molecule has 2 heterocycles. The van der Waals surface area contributed by atoms with Crippen LogP contribution in [0.1, 0.15) is 22.5 Å². The van der Waals surface area contributed by atoms with E-state index in [1.807, 2.05) is 12.1 Å². The molecule has 106 valence electrons. The molecule has 0 saturated carbocycles. The molecule has 1 aromatic heterocycles. The van der Waals surface area contributed by atoms with Crippen molar-refractivity contribution in [3.63, 3.8) is 0 Å². The molecule has 21 heavy (non-hydrogen) atoms. The Hall–Kier alpha value is -2.76. The SMILES string of the molecule is CN1C(=O)CCc2cc(NC(=O)c3cnccn3)ccc21. The number of hydrogen-bond donors (Lipinski definition) is 1. The summed E-state index contributed by atoms with van der Waals surface area (Å²) in [6.07, 6.45) is 5.59. The van der Waals surface area contributed by atoms with Crippen LogP contribution in [-0.2, 0) is 11.2 Å². The second-order valence-corrected chi connectivity index (χ2v) is 4.84. The Kier molecular flexibility index (Phi) is 3.35. The van der Waals surface area contributed by atoms with Crippen LogP contribution < -0.4 is 10.2 Å². The normalized spacial score (nSPS) is 13.8. The lowest BCUT2D eigenvalue weighted by molar-refractivity contribution is -0.118. The highest BCUT2D eigenvalue weighted by Gasteiger charge is 2.21. The molecule has 1 aliphatic rings. The number of anilines is 2. The number of benzene rings is 1. The smallest absolute Gasteiger partial charge is 0.275 e. The van der Waals surface area contributed by atoms with E-state index in [4.69, 9.17) is 0 Å². The van der Waals surface area contributed by atoms with E-state index in [2.05, 4.69) is 15.3 Å². The molecule has 6 heteroatoms. The van der Waals surface area contributed by atoms with E-state index < -0.39 is 0 Å². The van der Waals surface area contributed by atoms with Gasteiger partial charge < -0.3 is 10.2 Å². The summed E-state index contributed by atoms with van der Waals surface area (Å²) < 4.78 is 0. The molecule has 1 aliphatic heterocycles. The standard InChI is InChI=1S/C15H14N4O2/c1-19-13-4-3-11(8-10(13)2-5-14(19)20)18-15(21)12-9-16-6-7-17-12/h3-4,6-9H,2,5H2,1H3,(H,18,21). The van der Waals surface area contributed by atoms with Crippen molar-refractivity contribution < 1.29 is 9.59 Å². The summed E-state index contributed by atoms with van der Waals surface area (Å²) >= 11 is 0. The fraction of sp³-hybridized carbons (Fsp3) is 0.200. The average molecular weight is 282 g/mol. The summed E-state index contributed by atoms with van der Waals surface area (Å²) in [6, 6.07) is 5.52. The second-order valence-electron chi connectivity index (χ2n) is 4.84. The Morgan fingerprint density at radius 2 is 2.14 bits per heavy atom. The van der Waals surface area contributed by atoms with Crippen LogP contribution in [0.25, 0.3) is 0 Å². The minimum absolute atomic E-state index is 0.110. The molecular formula is C15H14N4O2. The minimum atomic E-state index is -0.303. The van der Waals surface area contributed by atoms with Gasteiger partial charge in [0.1, 0.15) is 5.69 Å². The highest BCUT2D eigenvalue weighted by atomic mass is 16.2. The number of hydrogen-bond acceptors (Lipinski definition) is 4. The number of carbonyl (C=O) groups excluding carboxylic acids is 2. The van der Waals surface area contributed by atoms with Crippen LogP contribution in [0.3, 0.4) is 0 Å². The second kappa shape index (κ2) is 5.32. The Bertz CT molecular complexity index is 700. The van der Waals surface area contributed by atoms with Crippen molar-refractivity contribution in [1.82, 2.24) is 9.97 Å². The number of fused-ring (bicyclic) bond motifs is 1.